The van der Waals surface area contributed by atoms with Crippen LogP contribution in [0.1, 0.15) is 27.3 Å². The van der Waals surface area contributed by atoms with Crippen LogP contribution in [0.2, 0.25) is 5.02 Å². The number of amides is 1. The second kappa shape index (κ2) is 5.49. The number of benzene rings is 1. The Bertz CT molecular complexity index is 599. The van der Waals surface area contributed by atoms with Crippen LogP contribution in [0.15, 0.2) is 30.3 Å². The highest BCUT2D eigenvalue weighted by atomic mass is 35.5. The SMILES string of the molecule is Cc1cc(C(=O)NCc2ccc(Cl)cc2)c(C)n1C. The Balaban J connectivity index is 2.05. The molecular formula is C15H17ClN2O. The van der Waals surface area contributed by atoms with Gasteiger partial charge in [-0.05, 0) is 37.6 Å². The van der Waals surface area contributed by atoms with Crippen LogP contribution in [-0.2, 0) is 13.6 Å². The van der Waals surface area contributed by atoms with E-state index >= 15 is 0 Å². The summed E-state index contributed by atoms with van der Waals surface area (Å²) in [7, 11) is 1.96. The number of aryl methyl sites for hydroxylation is 1. The summed E-state index contributed by atoms with van der Waals surface area (Å²) in [5, 5.41) is 3.62. The molecule has 1 heterocycles. The number of halogens is 1. The molecule has 3 nitrogen and oxygen atoms in total. The second-order valence-electron chi connectivity index (χ2n) is 4.65. The molecule has 0 unspecified atom stereocenters. The lowest BCUT2D eigenvalue weighted by Gasteiger charge is -2.06. The van der Waals surface area contributed by atoms with Gasteiger partial charge in [-0.25, -0.2) is 0 Å². The normalized spacial score (nSPS) is 10.5. The van der Waals surface area contributed by atoms with E-state index in [9.17, 15) is 4.79 Å². The zero-order valence-electron chi connectivity index (χ0n) is 11.3. The molecule has 4 heteroatoms. The van der Waals surface area contributed by atoms with E-state index in [1.54, 1.807) is 0 Å². The number of nitrogens with zero attached hydrogens (tertiary/aromatic N) is 1. The number of aromatic nitrogens is 1. The van der Waals surface area contributed by atoms with Crippen molar-refractivity contribution in [3.63, 3.8) is 0 Å². The fourth-order valence-electron chi connectivity index (χ4n) is 1.97. The fraction of sp³-hybridized carbons (Fsp3) is 0.267. The van der Waals surface area contributed by atoms with E-state index in [4.69, 9.17) is 11.6 Å². The van der Waals surface area contributed by atoms with Gasteiger partial charge >= 0.3 is 0 Å². The summed E-state index contributed by atoms with van der Waals surface area (Å²) in [4.78, 5) is 12.1. The second-order valence-corrected chi connectivity index (χ2v) is 5.09. The zero-order chi connectivity index (χ0) is 14.0. The summed E-state index contributed by atoms with van der Waals surface area (Å²) in [6, 6.07) is 9.37. The molecule has 1 aromatic carbocycles. The molecule has 0 aliphatic heterocycles. The van der Waals surface area contributed by atoms with Crippen molar-refractivity contribution in [3.8, 4) is 0 Å². The minimum atomic E-state index is -0.0452. The summed E-state index contributed by atoms with van der Waals surface area (Å²) in [5.74, 6) is -0.0452. The van der Waals surface area contributed by atoms with Gasteiger partial charge < -0.3 is 9.88 Å². The Morgan fingerprint density at radius 3 is 2.42 bits per heavy atom. The Hall–Kier alpha value is -1.74. The number of nitrogens with one attached hydrogen (secondary N) is 1. The molecule has 1 N–H and O–H groups in total. The van der Waals surface area contributed by atoms with Crippen LogP contribution in [0.4, 0.5) is 0 Å². The highest BCUT2D eigenvalue weighted by Gasteiger charge is 2.13. The van der Waals surface area contributed by atoms with Crippen LogP contribution >= 0.6 is 11.6 Å². The van der Waals surface area contributed by atoms with Crippen molar-refractivity contribution >= 4 is 17.5 Å². The predicted octanol–water partition coefficient (Wildman–Crippen LogP) is 3.23. The summed E-state index contributed by atoms with van der Waals surface area (Å²) >= 11 is 5.82. The molecule has 0 saturated carbocycles. The smallest absolute Gasteiger partial charge is 0.253 e. The van der Waals surface area contributed by atoms with Crippen molar-refractivity contribution in [2.45, 2.75) is 20.4 Å². The van der Waals surface area contributed by atoms with Crippen molar-refractivity contribution in [3.05, 3.63) is 57.9 Å². The molecule has 2 rings (SSSR count). The van der Waals surface area contributed by atoms with E-state index in [1.165, 1.54) is 0 Å². The van der Waals surface area contributed by atoms with E-state index < -0.39 is 0 Å². The van der Waals surface area contributed by atoms with Gasteiger partial charge in [-0.1, -0.05) is 23.7 Å². The highest BCUT2D eigenvalue weighted by molar-refractivity contribution is 6.30. The average molecular weight is 277 g/mol. The first-order chi connectivity index (χ1) is 8.99. The van der Waals surface area contributed by atoms with E-state index in [0.29, 0.717) is 11.6 Å². The maximum absolute atomic E-state index is 12.1. The van der Waals surface area contributed by atoms with Crippen molar-refractivity contribution in [2.24, 2.45) is 7.05 Å². The maximum Gasteiger partial charge on any atom is 0.253 e. The quantitative estimate of drug-likeness (QED) is 0.918. The standard InChI is InChI=1S/C15H17ClN2O/c1-10-8-14(11(2)18(10)3)15(19)17-9-12-4-6-13(16)7-5-12/h4-8H,9H2,1-3H3,(H,17,19). The number of carbonyl (C=O) groups is 1. The van der Waals surface area contributed by atoms with Gasteiger partial charge in [0, 0.05) is 30.0 Å². The third-order valence-electron chi connectivity index (χ3n) is 3.39. The molecule has 0 fully saturated rings. The Morgan fingerprint density at radius 1 is 1.26 bits per heavy atom. The largest absolute Gasteiger partial charge is 0.351 e. The summed E-state index contributed by atoms with van der Waals surface area (Å²) < 4.78 is 2.01. The van der Waals surface area contributed by atoms with Crippen LogP contribution in [0.5, 0.6) is 0 Å². The third kappa shape index (κ3) is 2.99. The van der Waals surface area contributed by atoms with Gasteiger partial charge in [-0.3, -0.25) is 4.79 Å². The number of hydrogen-bond donors (Lipinski definition) is 1. The van der Waals surface area contributed by atoms with Crippen LogP contribution < -0.4 is 5.32 Å². The first-order valence-corrected chi connectivity index (χ1v) is 6.52. The molecule has 100 valence electrons. The molecule has 0 aliphatic carbocycles. The molecule has 2 aromatic rings. The van der Waals surface area contributed by atoms with Crippen LogP contribution in [-0.4, -0.2) is 10.5 Å². The zero-order valence-corrected chi connectivity index (χ0v) is 12.1. The van der Waals surface area contributed by atoms with Gasteiger partial charge in [0.2, 0.25) is 0 Å². The van der Waals surface area contributed by atoms with Crippen LogP contribution in [0.3, 0.4) is 0 Å². The summed E-state index contributed by atoms with van der Waals surface area (Å²) in [5.41, 5.74) is 3.82. The average Bonchev–Trinajstić information content (AvgIpc) is 2.65. The summed E-state index contributed by atoms with van der Waals surface area (Å²) in [6.45, 7) is 4.44. The molecule has 0 saturated heterocycles. The van der Waals surface area contributed by atoms with Gasteiger partial charge in [0.1, 0.15) is 0 Å². The Labute approximate surface area is 118 Å². The molecule has 1 amide bonds. The minimum Gasteiger partial charge on any atom is -0.351 e. The molecule has 1 aromatic heterocycles. The van der Waals surface area contributed by atoms with Gasteiger partial charge in [0.05, 0.1) is 5.56 Å². The first-order valence-electron chi connectivity index (χ1n) is 6.14. The van der Waals surface area contributed by atoms with Gasteiger partial charge in [0.25, 0.3) is 5.91 Å². The number of carbonyl (C=O) groups excluding carboxylic acids is 1. The highest BCUT2D eigenvalue weighted by Crippen LogP contribution is 2.13. The lowest BCUT2D eigenvalue weighted by atomic mass is 10.2. The van der Waals surface area contributed by atoms with E-state index in [0.717, 1.165) is 22.5 Å². The molecule has 19 heavy (non-hydrogen) atoms. The molecule has 0 aliphatic rings. The monoisotopic (exact) mass is 276 g/mol. The van der Waals surface area contributed by atoms with Gasteiger partial charge in [-0.2, -0.15) is 0 Å². The molecule has 0 bridgehead atoms. The van der Waals surface area contributed by atoms with E-state index in [2.05, 4.69) is 5.32 Å². The number of rotatable bonds is 3. The van der Waals surface area contributed by atoms with Crippen LogP contribution in [0, 0.1) is 13.8 Å². The van der Waals surface area contributed by atoms with E-state index in [1.807, 2.05) is 55.8 Å². The van der Waals surface area contributed by atoms with Crippen molar-refractivity contribution in [1.82, 2.24) is 9.88 Å². The van der Waals surface area contributed by atoms with Crippen molar-refractivity contribution in [2.75, 3.05) is 0 Å². The summed E-state index contributed by atoms with van der Waals surface area (Å²) in [6.07, 6.45) is 0. The molecular weight excluding hydrogens is 260 g/mol. The molecule has 0 radical (unpaired) electrons. The third-order valence-corrected chi connectivity index (χ3v) is 3.64. The lowest BCUT2D eigenvalue weighted by Crippen LogP contribution is -2.23. The topological polar surface area (TPSA) is 34.0 Å². The Morgan fingerprint density at radius 2 is 1.89 bits per heavy atom. The number of hydrogen-bond acceptors (Lipinski definition) is 1. The van der Waals surface area contributed by atoms with Crippen molar-refractivity contribution < 1.29 is 4.79 Å². The van der Waals surface area contributed by atoms with Gasteiger partial charge in [-0.15, -0.1) is 0 Å². The van der Waals surface area contributed by atoms with Crippen molar-refractivity contribution in [1.29, 1.82) is 0 Å². The predicted molar refractivity (Wildman–Crippen MR) is 77.5 cm³/mol. The lowest BCUT2D eigenvalue weighted by molar-refractivity contribution is 0.0950. The fourth-order valence-corrected chi connectivity index (χ4v) is 2.09. The van der Waals surface area contributed by atoms with Crippen LogP contribution in [0.25, 0.3) is 0 Å². The molecule has 0 spiro atoms. The van der Waals surface area contributed by atoms with Gasteiger partial charge in [0.15, 0.2) is 0 Å². The molecule has 0 atom stereocenters. The minimum absolute atomic E-state index is 0.0452. The first kappa shape index (κ1) is 13.7. The van der Waals surface area contributed by atoms with E-state index in [-0.39, 0.29) is 5.91 Å². The Kier molecular flexibility index (Phi) is 3.96. The maximum atomic E-state index is 12.1.